The Hall–Kier alpha value is -1.56. The second kappa shape index (κ2) is 6.56. The van der Waals surface area contributed by atoms with Crippen LogP contribution >= 0.6 is 15.9 Å². The summed E-state index contributed by atoms with van der Waals surface area (Å²) >= 11 is 3.39. The SMILES string of the molecule is Cc1ccc(C(=O)N(C)C(C)C/C(N)=N/O)c(Br)c1. The molecule has 5 nitrogen and oxygen atoms in total. The van der Waals surface area contributed by atoms with Crippen molar-refractivity contribution >= 4 is 27.7 Å². The first-order valence-corrected chi connectivity index (χ1v) is 6.65. The van der Waals surface area contributed by atoms with Crippen molar-refractivity contribution in [3.8, 4) is 0 Å². The molecule has 1 atom stereocenters. The first-order chi connectivity index (χ1) is 8.86. The molecule has 19 heavy (non-hydrogen) atoms. The second-order valence-corrected chi connectivity index (χ2v) is 5.40. The van der Waals surface area contributed by atoms with Crippen LogP contribution in [-0.2, 0) is 0 Å². The Labute approximate surface area is 121 Å². The zero-order valence-electron chi connectivity index (χ0n) is 11.2. The van der Waals surface area contributed by atoms with Crippen LogP contribution in [0.1, 0.15) is 29.3 Å². The number of nitrogens with two attached hydrogens (primary N) is 1. The van der Waals surface area contributed by atoms with Crippen molar-refractivity contribution in [1.29, 1.82) is 0 Å². The summed E-state index contributed by atoms with van der Waals surface area (Å²) in [5, 5.41) is 11.5. The minimum atomic E-state index is -0.156. The smallest absolute Gasteiger partial charge is 0.254 e. The van der Waals surface area contributed by atoms with Gasteiger partial charge in [0, 0.05) is 24.0 Å². The van der Waals surface area contributed by atoms with E-state index in [1.54, 1.807) is 18.0 Å². The van der Waals surface area contributed by atoms with Gasteiger partial charge in [-0.2, -0.15) is 0 Å². The van der Waals surface area contributed by atoms with Gasteiger partial charge in [-0.3, -0.25) is 4.79 Å². The first kappa shape index (κ1) is 15.5. The van der Waals surface area contributed by atoms with E-state index in [-0.39, 0.29) is 17.8 Å². The third-order valence-electron chi connectivity index (χ3n) is 2.97. The van der Waals surface area contributed by atoms with Gasteiger partial charge in [-0.1, -0.05) is 11.2 Å². The van der Waals surface area contributed by atoms with Crippen LogP contribution in [0.5, 0.6) is 0 Å². The monoisotopic (exact) mass is 327 g/mol. The van der Waals surface area contributed by atoms with E-state index in [2.05, 4.69) is 21.1 Å². The van der Waals surface area contributed by atoms with E-state index in [4.69, 9.17) is 10.9 Å². The van der Waals surface area contributed by atoms with Gasteiger partial charge in [-0.05, 0) is 47.5 Å². The van der Waals surface area contributed by atoms with Gasteiger partial charge in [-0.15, -0.1) is 0 Å². The van der Waals surface area contributed by atoms with Crippen LogP contribution in [0.15, 0.2) is 27.8 Å². The number of amidine groups is 1. The molecule has 0 fully saturated rings. The highest BCUT2D eigenvalue weighted by Crippen LogP contribution is 2.20. The van der Waals surface area contributed by atoms with Gasteiger partial charge in [0.1, 0.15) is 5.84 Å². The summed E-state index contributed by atoms with van der Waals surface area (Å²) in [6, 6.07) is 5.42. The molecule has 3 N–H and O–H groups in total. The molecule has 0 saturated carbocycles. The van der Waals surface area contributed by atoms with E-state index < -0.39 is 0 Å². The summed E-state index contributed by atoms with van der Waals surface area (Å²) in [5.41, 5.74) is 7.13. The number of benzene rings is 1. The zero-order chi connectivity index (χ0) is 14.6. The maximum Gasteiger partial charge on any atom is 0.254 e. The summed E-state index contributed by atoms with van der Waals surface area (Å²) in [6.45, 7) is 3.81. The molecule has 0 heterocycles. The number of aryl methyl sites for hydroxylation is 1. The highest BCUT2D eigenvalue weighted by Gasteiger charge is 2.20. The standard InChI is InChI=1S/C13H18BrN3O2/c1-8-4-5-10(11(14)6-8)13(18)17(3)9(2)7-12(15)16-19/h4-6,9,19H,7H2,1-3H3,(H2,15,16). The van der Waals surface area contributed by atoms with E-state index in [0.717, 1.165) is 10.0 Å². The molecule has 0 radical (unpaired) electrons. The largest absolute Gasteiger partial charge is 0.409 e. The molecule has 0 aliphatic heterocycles. The predicted molar refractivity (Wildman–Crippen MR) is 78.5 cm³/mol. The van der Waals surface area contributed by atoms with Crippen LogP contribution in [0.3, 0.4) is 0 Å². The first-order valence-electron chi connectivity index (χ1n) is 5.86. The fourth-order valence-corrected chi connectivity index (χ4v) is 2.33. The van der Waals surface area contributed by atoms with Crippen LogP contribution < -0.4 is 5.73 Å². The molecular formula is C13H18BrN3O2. The number of halogens is 1. The molecule has 0 aliphatic rings. The molecule has 0 saturated heterocycles. The van der Waals surface area contributed by atoms with Crippen molar-refractivity contribution in [3.63, 3.8) is 0 Å². The zero-order valence-corrected chi connectivity index (χ0v) is 12.8. The molecule has 6 heteroatoms. The highest BCUT2D eigenvalue weighted by molar-refractivity contribution is 9.10. The fraction of sp³-hybridized carbons (Fsp3) is 0.385. The summed E-state index contributed by atoms with van der Waals surface area (Å²) in [4.78, 5) is 13.9. The summed E-state index contributed by atoms with van der Waals surface area (Å²) in [6.07, 6.45) is 0.322. The van der Waals surface area contributed by atoms with Crippen molar-refractivity contribution < 1.29 is 10.0 Å². The van der Waals surface area contributed by atoms with Crippen molar-refractivity contribution in [3.05, 3.63) is 33.8 Å². The Kier molecular flexibility index (Phi) is 5.35. The van der Waals surface area contributed by atoms with E-state index in [1.165, 1.54) is 0 Å². The number of rotatable bonds is 4. The quantitative estimate of drug-likeness (QED) is 0.385. The van der Waals surface area contributed by atoms with E-state index >= 15 is 0 Å². The molecule has 1 aromatic rings. The van der Waals surface area contributed by atoms with Crippen molar-refractivity contribution in [2.45, 2.75) is 26.3 Å². The fourth-order valence-electron chi connectivity index (χ4n) is 1.66. The van der Waals surface area contributed by atoms with Crippen molar-refractivity contribution in [2.75, 3.05) is 7.05 Å². The summed E-state index contributed by atoms with van der Waals surface area (Å²) < 4.78 is 0.764. The number of carbonyl (C=O) groups excluding carboxylic acids is 1. The van der Waals surface area contributed by atoms with E-state index in [9.17, 15) is 4.79 Å². The Morgan fingerprint density at radius 3 is 2.74 bits per heavy atom. The minimum Gasteiger partial charge on any atom is -0.409 e. The van der Waals surface area contributed by atoms with Crippen LogP contribution in [0.2, 0.25) is 0 Å². The molecule has 104 valence electrons. The maximum atomic E-state index is 12.3. The van der Waals surface area contributed by atoms with E-state index in [0.29, 0.717) is 12.0 Å². The lowest BCUT2D eigenvalue weighted by Crippen LogP contribution is -2.38. The number of amides is 1. The Morgan fingerprint density at radius 1 is 1.58 bits per heavy atom. The second-order valence-electron chi connectivity index (χ2n) is 4.54. The number of hydrogen-bond acceptors (Lipinski definition) is 3. The van der Waals surface area contributed by atoms with Crippen molar-refractivity contribution in [1.82, 2.24) is 4.90 Å². The van der Waals surface area contributed by atoms with Crippen LogP contribution in [0.4, 0.5) is 0 Å². The topological polar surface area (TPSA) is 78.9 Å². The van der Waals surface area contributed by atoms with Crippen LogP contribution in [0, 0.1) is 6.92 Å². The molecule has 0 aliphatic carbocycles. The van der Waals surface area contributed by atoms with Crippen LogP contribution in [-0.4, -0.2) is 34.9 Å². The van der Waals surface area contributed by atoms with Crippen molar-refractivity contribution in [2.24, 2.45) is 10.9 Å². The van der Waals surface area contributed by atoms with Gasteiger partial charge < -0.3 is 15.8 Å². The van der Waals surface area contributed by atoms with Gasteiger partial charge in [0.05, 0.1) is 5.56 Å². The molecule has 1 unspecified atom stereocenters. The predicted octanol–water partition coefficient (Wildman–Crippen LogP) is 2.35. The summed E-state index contributed by atoms with van der Waals surface area (Å²) in [7, 11) is 1.70. The molecular weight excluding hydrogens is 310 g/mol. The summed E-state index contributed by atoms with van der Waals surface area (Å²) in [5.74, 6) is 0.000219. The van der Waals surface area contributed by atoms with Gasteiger partial charge in [-0.25, -0.2) is 0 Å². The van der Waals surface area contributed by atoms with Gasteiger partial charge in [0.2, 0.25) is 0 Å². The molecule has 1 rings (SSSR count). The Balaban J connectivity index is 2.87. The molecule has 0 aromatic heterocycles. The lowest BCUT2D eigenvalue weighted by atomic mass is 10.1. The number of hydrogen-bond donors (Lipinski definition) is 2. The highest BCUT2D eigenvalue weighted by atomic mass is 79.9. The molecule has 0 bridgehead atoms. The number of carbonyl (C=O) groups is 1. The lowest BCUT2D eigenvalue weighted by molar-refractivity contribution is 0.0746. The minimum absolute atomic E-state index is 0.106. The van der Waals surface area contributed by atoms with Crippen LogP contribution in [0.25, 0.3) is 0 Å². The Morgan fingerprint density at radius 2 is 2.21 bits per heavy atom. The molecule has 0 spiro atoms. The number of oxime groups is 1. The van der Waals surface area contributed by atoms with Gasteiger partial charge >= 0.3 is 0 Å². The van der Waals surface area contributed by atoms with E-state index in [1.807, 2.05) is 26.0 Å². The molecule has 1 amide bonds. The normalized spacial score (nSPS) is 13.2. The average molecular weight is 328 g/mol. The lowest BCUT2D eigenvalue weighted by Gasteiger charge is -2.25. The molecule has 1 aromatic carbocycles. The Bertz CT molecular complexity index is 503. The van der Waals surface area contributed by atoms with Gasteiger partial charge in [0.25, 0.3) is 5.91 Å². The average Bonchev–Trinajstić information content (AvgIpc) is 2.36. The third kappa shape index (κ3) is 3.96. The third-order valence-corrected chi connectivity index (χ3v) is 3.63. The van der Waals surface area contributed by atoms with Gasteiger partial charge in [0.15, 0.2) is 0 Å². The number of nitrogens with zero attached hydrogens (tertiary/aromatic N) is 2. The maximum absolute atomic E-state index is 12.3.